The summed E-state index contributed by atoms with van der Waals surface area (Å²) in [5, 5.41) is 0. The SMILES string of the molecule is CCc1ccc(C=CCc2ccc(C)cc2)cc1. The molecule has 0 N–H and O–H groups in total. The highest BCUT2D eigenvalue weighted by atomic mass is 14.0. The number of aryl methyl sites for hydroxylation is 2. The summed E-state index contributed by atoms with van der Waals surface area (Å²) in [6, 6.07) is 17.5. The van der Waals surface area contributed by atoms with Gasteiger partial charge in [0.1, 0.15) is 0 Å². The van der Waals surface area contributed by atoms with Gasteiger partial charge in [-0.3, -0.25) is 0 Å². The number of allylic oxidation sites excluding steroid dienone is 1. The van der Waals surface area contributed by atoms with Gasteiger partial charge in [-0.25, -0.2) is 0 Å². The molecule has 0 bridgehead atoms. The van der Waals surface area contributed by atoms with Gasteiger partial charge in [0.15, 0.2) is 0 Å². The van der Waals surface area contributed by atoms with Crippen molar-refractivity contribution < 1.29 is 0 Å². The summed E-state index contributed by atoms with van der Waals surface area (Å²) in [7, 11) is 0. The molecule has 0 unspecified atom stereocenters. The third kappa shape index (κ3) is 3.59. The standard InChI is InChI=1S/C18H20/c1-3-16-11-13-18(14-12-16)6-4-5-17-9-7-15(2)8-10-17/h4,6-14H,3,5H2,1-2H3. The molecule has 0 heteroatoms. The third-order valence-electron chi connectivity index (χ3n) is 3.17. The first-order valence-electron chi connectivity index (χ1n) is 6.59. The maximum atomic E-state index is 2.23. The van der Waals surface area contributed by atoms with E-state index in [-0.39, 0.29) is 0 Å². The van der Waals surface area contributed by atoms with Crippen molar-refractivity contribution in [2.75, 3.05) is 0 Å². The van der Waals surface area contributed by atoms with Crippen molar-refractivity contribution in [2.24, 2.45) is 0 Å². The fraction of sp³-hybridized carbons (Fsp3) is 0.222. The highest BCUT2D eigenvalue weighted by Crippen LogP contribution is 2.09. The van der Waals surface area contributed by atoms with E-state index in [4.69, 9.17) is 0 Å². The van der Waals surface area contributed by atoms with Crippen LogP contribution >= 0.6 is 0 Å². The van der Waals surface area contributed by atoms with Crippen molar-refractivity contribution in [3.05, 3.63) is 76.9 Å². The molecule has 2 rings (SSSR count). The van der Waals surface area contributed by atoms with Crippen molar-refractivity contribution >= 4 is 6.08 Å². The van der Waals surface area contributed by atoms with E-state index in [1.807, 2.05) is 0 Å². The highest BCUT2D eigenvalue weighted by Gasteiger charge is 1.91. The van der Waals surface area contributed by atoms with E-state index in [0.717, 1.165) is 12.8 Å². The van der Waals surface area contributed by atoms with Crippen LogP contribution in [0.4, 0.5) is 0 Å². The summed E-state index contributed by atoms with van der Waals surface area (Å²) in [5.74, 6) is 0. The zero-order valence-electron chi connectivity index (χ0n) is 11.2. The van der Waals surface area contributed by atoms with E-state index in [1.165, 1.54) is 22.3 Å². The minimum Gasteiger partial charge on any atom is -0.0795 e. The Morgan fingerprint density at radius 2 is 1.44 bits per heavy atom. The number of hydrogen-bond donors (Lipinski definition) is 0. The summed E-state index contributed by atoms with van der Waals surface area (Å²) in [6.45, 7) is 4.30. The molecule has 18 heavy (non-hydrogen) atoms. The second kappa shape index (κ2) is 6.20. The fourth-order valence-corrected chi connectivity index (χ4v) is 1.92. The van der Waals surface area contributed by atoms with Gasteiger partial charge in [-0.15, -0.1) is 0 Å². The smallest absolute Gasteiger partial charge is 0.00941 e. The molecule has 0 aliphatic heterocycles. The lowest BCUT2D eigenvalue weighted by atomic mass is 10.1. The molecular formula is C18H20. The van der Waals surface area contributed by atoms with Crippen LogP contribution in [-0.2, 0) is 12.8 Å². The van der Waals surface area contributed by atoms with Gasteiger partial charge < -0.3 is 0 Å². The monoisotopic (exact) mass is 236 g/mol. The first-order chi connectivity index (χ1) is 8.78. The quantitative estimate of drug-likeness (QED) is 0.714. The van der Waals surface area contributed by atoms with Gasteiger partial charge in [0.05, 0.1) is 0 Å². The topological polar surface area (TPSA) is 0 Å². The largest absolute Gasteiger partial charge is 0.0795 e. The Morgan fingerprint density at radius 3 is 2.06 bits per heavy atom. The summed E-state index contributed by atoms with van der Waals surface area (Å²) in [4.78, 5) is 0. The van der Waals surface area contributed by atoms with Crippen LogP contribution in [0.3, 0.4) is 0 Å². The molecule has 0 amide bonds. The highest BCUT2D eigenvalue weighted by molar-refractivity contribution is 5.50. The average molecular weight is 236 g/mol. The van der Waals surface area contributed by atoms with Crippen LogP contribution < -0.4 is 0 Å². The number of hydrogen-bond acceptors (Lipinski definition) is 0. The van der Waals surface area contributed by atoms with Crippen LogP contribution in [0.1, 0.15) is 29.2 Å². The van der Waals surface area contributed by atoms with E-state index in [9.17, 15) is 0 Å². The molecule has 92 valence electrons. The average Bonchev–Trinajstić information content (AvgIpc) is 2.42. The Bertz CT molecular complexity index is 501. The molecule has 0 radical (unpaired) electrons. The molecule has 0 heterocycles. The molecule has 0 aliphatic carbocycles. The van der Waals surface area contributed by atoms with Gasteiger partial charge in [-0.1, -0.05) is 73.2 Å². The molecule has 0 aromatic heterocycles. The summed E-state index contributed by atoms with van der Waals surface area (Å²) in [5.41, 5.74) is 5.35. The van der Waals surface area contributed by atoms with Gasteiger partial charge >= 0.3 is 0 Å². The zero-order chi connectivity index (χ0) is 12.8. The molecule has 0 saturated heterocycles. The van der Waals surface area contributed by atoms with Crippen molar-refractivity contribution in [1.82, 2.24) is 0 Å². The maximum absolute atomic E-state index is 2.23. The fourth-order valence-electron chi connectivity index (χ4n) is 1.92. The Morgan fingerprint density at radius 1 is 0.833 bits per heavy atom. The van der Waals surface area contributed by atoms with Gasteiger partial charge in [-0.2, -0.15) is 0 Å². The minimum absolute atomic E-state index is 0.996. The lowest BCUT2D eigenvalue weighted by molar-refractivity contribution is 1.14. The van der Waals surface area contributed by atoms with E-state index in [1.54, 1.807) is 0 Å². The predicted molar refractivity (Wildman–Crippen MR) is 79.7 cm³/mol. The van der Waals surface area contributed by atoms with Crippen LogP contribution in [0.2, 0.25) is 0 Å². The second-order valence-corrected chi connectivity index (χ2v) is 4.69. The zero-order valence-corrected chi connectivity index (χ0v) is 11.2. The summed E-state index contributed by atoms with van der Waals surface area (Å²) in [6.07, 6.45) is 6.52. The van der Waals surface area contributed by atoms with Crippen molar-refractivity contribution in [2.45, 2.75) is 26.7 Å². The van der Waals surface area contributed by atoms with E-state index >= 15 is 0 Å². The molecular weight excluding hydrogens is 216 g/mol. The van der Waals surface area contributed by atoms with E-state index in [2.05, 4.69) is 74.5 Å². The first kappa shape index (κ1) is 12.6. The van der Waals surface area contributed by atoms with Crippen molar-refractivity contribution in [3.8, 4) is 0 Å². The molecule has 2 aromatic carbocycles. The lowest BCUT2D eigenvalue weighted by Gasteiger charge is -1.99. The van der Waals surface area contributed by atoms with Gasteiger partial charge in [0, 0.05) is 0 Å². The summed E-state index contributed by atoms with van der Waals surface area (Å²) >= 11 is 0. The van der Waals surface area contributed by atoms with Gasteiger partial charge in [-0.05, 0) is 36.5 Å². The van der Waals surface area contributed by atoms with Crippen LogP contribution in [0.25, 0.3) is 6.08 Å². The molecule has 0 aliphatic rings. The number of benzene rings is 2. The molecule has 0 spiro atoms. The summed E-state index contributed by atoms with van der Waals surface area (Å²) < 4.78 is 0. The molecule has 2 aromatic rings. The van der Waals surface area contributed by atoms with E-state index in [0.29, 0.717) is 0 Å². The molecule has 0 fully saturated rings. The van der Waals surface area contributed by atoms with Crippen LogP contribution in [0, 0.1) is 6.92 Å². The molecule has 0 saturated carbocycles. The van der Waals surface area contributed by atoms with Crippen LogP contribution in [0.15, 0.2) is 54.6 Å². The number of rotatable bonds is 4. The van der Waals surface area contributed by atoms with Crippen LogP contribution in [-0.4, -0.2) is 0 Å². The minimum atomic E-state index is 0.996. The normalized spacial score (nSPS) is 11.0. The maximum Gasteiger partial charge on any atom is -0.00941 e. The Hall–Kier alpha value is -1.82. The second-order valence-electron chi connectivity index (χ2n) is 4.69. The Balaban J connectivity index is 1.96. The van der Waals surface area contributed by atoms with Gasteiger partial charge in [0.2, 0.25) is 0 Å². The molecule has 0 atom stereocenters. The Kier molecular flexibility index (Phi) is 4.35. The Labute approximate surface area is 110 Å². The predicted octanol–water partition coefficient (Wildman–Crippen LogP) is 4.81. The third-order valence-corrected chi connectivity index (χ3v) is 3.17. The lowest BCUT2D eigenvalue weighted by Crippen LogP contribution is -1.82. The first-order valence-corrected chi connectivity index (χ1v) is 6.59. The van der Waals surface area contributed by atoms with Crippen LogP contribution in [0.5, 0.6) is 0 Å². The molecule has 0 nitrogen and oxygen atoms in total. The van der Waals surface area contributed by atoms with Crippen molar-refractivity contribution in [3.63, 3.8) is 0 Å². The van der Waals surface area contributed by atoms with E-state index < -0.39 is 0 Å². The van der Waals surface area contributed by atoms with Crippen molar-refractivity contribution in [1.29, 1.82) is 0 Å². The van der Waals surface area contributed by atoms with Gasteiger partial charge in [0.25, 0.3) is 0 Å².